The summed E-state index contributed by atoms with van der Waals surface area (Å²) >= 11 is 0. The molecule has 0 amide bonds. The average molecular weight is 458 g/mol. The summed E-state index contributed by atoms with van der Waals surface area (Å²) in [6, 6.07) is 0.0316. The monoisotopic (exact) mass is 458 g/mol. The number of aliphatic imine (C=N–C) groups is 1. The Bertz CT molecular complexity index is 560. The molecule has 1 N–H and O–H groups in total. The molecule has 2 rings (SSSR count). The third-order valence-electron chi connectivity index (χ3n) is 5.60. The van der Waals surface area contributed by atoms with E-state index in [1.807, 2.05) is 0 Å². The Morgan fingerprint density at radius 3 is 2.35 bits per heavy atom. The maximum Gasteiger partial charge on any atom is 0.211 e. The number of nitrogens with one attached hydrogen (secondary N) is 1. The van der Waals surface area contributed by atoms with Crippen LogP contribution in [-0.2, 0) is 10.0 Å². The van der Waals surface area contributed by atoms with Crippen molar-refractivity contribution < 1.29 is 8.42 Å². The van der Waals surface area contributed by atoms with Crippen LogP contribution in [0, 0.1) is 5.41 Å². The summed E-state index contributed by atoms with van der Waals surface area (Å²) in [6.07, 6.45) is 3.13. The second-order valence-electron chi connectivity index (χ2n) is 7.63. The lowest BCUT2D eigenvalue weighted by molar-refractivity contribution is -0.0668. The van der Waals surface area contributed by atoms with E-state index in [1.165, 1.54) is 6.26 Å². The highest BCUT2D eigenvalue weighted by Gasteiger charge is 2.53. The summed E-state index contributed by atoms with van der Waals surface area (Å²) < 4.78 is 25.2. The molecule has 0 unspecified atom stereocenters. The zero-order valence-electron chi connectivity index (χ0n) is 15.1. The van der Waals surface area contributed by atoms with Crippen LogP contribution in [0.4, 0.5) is 0 Å². The predicted molar refractivity (Wildman–Crippen MR) is 106 cm³/mol. The van der Waals surface area contributed by atoms with E-state index in [2.05, 4.69) is 42.9 Å². The van der Waals surface area contributed by atoms with Gasteiger partial charge in [0.25, 0.3) is 0 Å². The first kappa shape index (κ1) is 21.0. The van der Waals surface area contributed by atoms with Gasteiger partial charge in [0.1, 0.15) is 0 Å². The van der Waals surface area contributed by atoms with Crippen LogP contribution in [0.3, 0.4) is 0 Å². The van der Waals surface area contributed by atoms with Crippen molar-refractivity contribution in [1.82, 2.24) is 14.5 Å². The van der Waals surface area contributed by atoms with E-state index in [4.69, 9.17) is 0 Å². The molecule has 2 fully saturated rings. The van der Waals surface area contributed by atoms with Crippen LogP contribution in [0.15, 0.2) is 4.99 Å². The molecule has 0 radical (unpaired) electrons. The van der Waals surface area contributed by atoms with Crippen molar-refractivity contribution in [2.75, 3.05) is 32.9 Å². The largest absolute Gasteiger partial charge is 0.355 e. The minimum Gasteiger partial charge on any atom is -0.355 e. The van der Waals surface area contributed by atoms with Crippen molar-refractivity contribution in [2.45, 2.75) is 52.1 Å². The van der Waals surface area contributed by atoms with E-state index in [9.17, 15) is 8.42 Å². The normalized spacial score (nSPS) is 27.3. The van der Waals surface area contributed by atoms with Crippen molar-refractivity contribution in [3.8, 4) is 0 Å². The first-order valence-electron chi connectivity index (χ1n) is 7.96. The maximum absolute atomic E-state index is 11.8. The topological polar surface area (TPSA) is 65.0 Å². The Labute approximate surface area is 158 Å². The first-order chi connectivity index (χ1) is 10.0. The van der Waals surface area contributed by atoms with Gasteiger partial charge < -0.3 is 10.2 Å². The number of rotatable bonds is 3. The molecule has 0 bridgehead atoms. The Morgan fingerprint density at radius 2 is 1.91 bits per heavy atom. The highest BCUT2D eigenvalue weighted by Crippen LogP contribution is 2.46. The summed E-state index contributed by atoms with van der Waals surface area (Å²) in [5, 5.41) is 3.38. The van der Waals surface area contributed by atoms with Crippen molar-refractivity contribution in [2.24, 2.45) is 10.4 Å². The van der Waals surface area contributed by atoms with Gasteiger partial charge in [-0.25, -0.2) is 8.42 Å². The van der Waals surface area contributed by atoms with Crippen LogP contribution >= 0.6 is 24.0 Å². The summed E-state index contributed by atoms with van der Waals surface area (Å²) in [7, 11) is -1.34. The van der Waals surface area contributed by atoms with Crippen molar-refractivity contribution in [3.63, 3.8) is 0 Å². The van der Waals surface area contributed by atoms with Gasteiger partial charge in [0.2, 0.25) is 10.0 Å². The molecule has 136 valence electrons. The van der Waals surface area contributed by atoms with E-state index in [1.54, 1.807) is 11.4 Å². The molecule has 2 saturated heterocycles. The van der Waals surface area contributed by atoms with Crippen molar-refractivity contribution >= 4 is 40.0 Å². The van der Waals surface area contributed by atoms with Crippen molar-refractivity contribution in [1.29, 1.82) is 0 Å². The Morgan fingerprint density at radius 1 is 1.30 bits per heavy atom. The number of sulfonamides is 1. The highest BCUT2D eigenvalue weighted by atomic mass is 127. The smallest absolute Gasteiger partial charge is 0.211 e. The summed E-state index contributed by atoms with van der Waals surface area (Å²) in [5.41, 5.74) is 0.289. The third kappa shape index (κ3) is 3.95. The van der Waals surface area contributed by atoms with Gasteiger partial charge in [0, 0.05) is 43.7 Å². The Kier molecular flexibility index (Phi) is 6.41. The van der Waals surface area contributed by atoms with Crippen LogP contribution < -0.4 is 5.32 Å². The molecule has 23 heavy (non-hydrogen) atoms. The Hall–Kier alpha value is -0.0900. The van der Waals surface area contributed by atoms with Gasteiger partial charge in [-0.1, -0.05) is 13.8 Å². The number of hydrogen-bond donors (Lipinski definition) is 1. The van der Waals surface area contributed by atoms with Crippen LogP contribution in [0.25, 0.3) is 0 Å². The number of nitrogens with zero attached hydrogens (tertiary/aromatic N) is 3. The van der Waals surface area contributed by atoms with Gasteiger partial charge in [0.05, 0.1) is 6.26 Å². The molecule has 0 aromatic rings. The van der Waals surface area contributed by atoms with Crippen LogP contribution in [-0.4, -0.2) is 68.1 Å². The quantitative estimate of drug-likeness (QED) is 0.398. The minimum absolute atomic E-state index is 0. The predicted octanol–water partition coefficient (Wildman–Crippen LogP) is 1.72. The number of hydrogen-bond acceptors (Lipinski definition) is 3. The van der Waals surface area contributed by atoms with Gasteiger partial charge in [0.15, 0.2) is 5.96 Å². The molecular weight excluding hydrogens is 427 g/mol. The fraction of sp³-hybridized carbons (Fsp3) is 0.933. The van der Waals surface area contributed by atoms with Gasteiger partial charge in [-0.3, -0.25) is 4.99 Å². The summed E-state index contributed by atoms with van der Waals surface area (Å²) in [5.74, 6) is 0.865. The number of likely N-dealkylation sites (tertiary alicyclic amines) is 1. The maximum atomic E-state index is 11.8. The fourth-order valence-corrected chi connectivity index (χ4v) is 4.54. The zero-order valence-corrected chi connectivity index (χ0v) is 18.2. The molecule has 8 heteroatoms. The zero-order chi connectivity index (χ0) is 16.8. The van der Waals surface area contributed by atoms with E-state index < -0.39 is 10.0 Å². The van der Waals surface area contributed by atoms with E-state index in [-0.39, 0.29) is 41.0 Å². The van der Waals surface area contributed by atoms with Gasteiger partial charge in [-0.15, -0.1) is 24.0 Å². The second-order valence-corrected chi connectivity index (χ2v) is 9.56. The summed E-state index contributed by atoms with van der Waals surface area (Å²) in [6.45, 7) is 11.2. The third-order valence-corrected chi connectivity index (χ3v) is 6.93. The second kappa shape index (κ2) is 7.03. The molecule has 2 heterocycles. The molecule has 2 aliphatic rings. The van der Waals surface area contributed by atoms with Crippen LogP contribution in [0.1, 0.15) is 40.5 Å². The number of halogens is 1. The number of guanidine groups is 1. The molecular formula is C15H31IN4O2S. The SMILES string of the molecule is CN=C(NC[C@H]1CCCN1S(C)(=O)=O)N1CC(C)(C)C1(C)C.I. The standard InChI is InChI=1S/C15H30N4O2S.HI/c1-14(2)11-18(15(14,3)4)13(16-5)17-10-12-8-7-9-19(12)22(6,20)21;/h12H,7-11H2,1-6H3,(H,16,17);1H/t12-;/m1./s1. The van der Waals surface area contributed by atoms with Gasteiger partial charge in [-0.2, -0.15) is 4.31 Å². The average Bonchev–Trinajstić information content (AvgIpc) is 2.86. The molecule has 1 atom stereocenters. The van der Waals surface area contributed by atoms with E-state index in [0.29, 0.717) is 13.1 Å². The lowest BCUT2D eigenvalue weighted by Crippen LogP contribution is -2.72. The fourth-order valence-electron chi connectivity index (χ4n) is 3.35. The lowest BCUT2D eigenvalue weighted by Gasteiger charge is -2.62. The minimum atomic E-state index is -3.12. The molecule has 0 aromatic heterocycles. The molecule has 0 saturated carbocycles. The Balaban J connectivity index is 0.00000264. The molecule has 0 aliphatic carbocycles. The van der Waals surface area contributed by atoms with Gasteiger partial charge in [-0.05, 0) is 26.7 Å². The molecule has 0 spiro atoms. The summed E-state index contributed by atoms with van der Waals surface area (Å²) in [4.78, 5) is 6.65. The molecule has 6 nitrogen and oxygen atoms in total. The van der Waals surface area contributed by atoms with E-state index >= 15 is 0 Å². The van der Waals surface area contributed by atoms with Crippen LogP contribution in [0.5, 0.6) is 0 Å². The van der Waals surface area contributed by atoms with Gasteiger partial charge >= 0.3 is 0 Å². The molecule has 0 aromatic carbocycles. The first-order valence-corrected chi connectivity index (χ1v) is 9.80. The van der Waals surface area contributed by atoms with Crippen molar-refractivity contribution in [3.05, 3.63) is 0 Å². The highest BCUT2D eigenvalue weighted by molar-refractivity contribution is 14.0. The van der Waals surface area contributed by atoms with E-state index in [0.717, 1.165) is 25.3 Å². The molecule has 2 aliphatic heterocycles. The van der Waals surface area contributed by atoms with Crippen LogP contribution in [0.2, 0.25) is 0 Å². The lowest BCUT2D eigenvalue weighted by atomic mass is 9.65.